The number of β-lactam (4-membered cyclic amide) rings is 1. The van der Waals surface area contributed by atoms with Crippen molar-refractivity contribution in [1.82, 2.24) is 15.1 Å². The lowest BCUT2D eigenvalue weighted by atomic mass is 10.0. The first-order chi connectivity index (χ1) is 12.2. The van der Waals surface area contributed by atoms with Crippen LogP contribution in [0.4, 0.5) is 0 Å². The number of rotatable bonds is 5. The number of amides is 1. The van der Waals surface area contributed by atoms with E-state index in [-0.39, 0.29) is 11.3 Å². The fraction of sp³-hybridized carbons (Fsp3) is 0.625. The van der Waals surface area contributed by atoms with Crippen molar-refractivity contribution in [2.24, 2.45) is 5.73 Å². The second-order valence-corrected chi connectivity index (χ2v) is 10.4. The minimum atomic E-state index is -0.631. The Hall–Kier alpha value is -1.10. The van der Waals surface area contributed by atoms with E-state index >= 15 is 0 Å². The zero-order chi connectivity index (χ0) is 19.1. The van der Waals surface area contributed by atoms with Crippen molar-refractivity contribution >= 4 is 46.7 Å². The Morgan fingerprint density at radius 2 is 2.15 bits per heavy atom. The predicted octanol–water partition coefficient (Wildman–Crippen LogP) is 2.03. The second kappa shape index (κ2) is 7.49. The molecule has 3 heterocycles. The van der Waals surface area contributed by atoms with E-state index in [4.69, 9.17) is 10.5 Å². The average Bonchev–Trinajstić information content (AvgIpc) is 3.04. The largest absolute Gasteiger partial charge is 0.455 e. The number of carbonyl (C=O) groups is 2. The summed E-state index contributed by atoms with van der Waals surface area (Å²) in [6.45, 7) is 7.47. The maximum Gasteiger partial charge on any atom is 0.355 e. The van der Waals surface area contributed by atoms with E-state index < -0.39 is 17.6 Å². The van der Waals surface area contributed by atoms with E-state index in [9.17, 15) is 9.59 Å². The minimum absolute atomic E-state index is 0.188. The minimum Gasteiger partial charge on any atom is -0.455 e. The van der Waals surface area contributed by atoms with Crippen molar-refractivity contribution in [2.75, 3.05) is 11.5 Å². The highest BCUT2D eigenvalue weighted by Crippen LogP contribution is 2.41. The molecule has 2 aliphatic heterocycles. The molecule has 2 aliphatic rings. The van der Waals surface area contributed by atoms with Crippen LogP contribution in [0.15, 0.2) is 15.6 Å². The molecule has 0 aliphatic carbocycles. The number of aryl methyl sites for hydroxylation is 1. The number of fused-ring (bicyclic) bond motifs is 1. The van der Waals surface area contributed by atoms with E-state index in [2.05, 4.69) is 10.2 Å². The number of aromatic nitrogens is 2. The molecule has 0 bridgehead atoms. The summed E-state index contributed by atoms with van der Waals surface area (Å²) >= 11 is 4.67. The first-order valence-corrected chi connectivity index (χ1v) is 11.2. The molecule has 0 radical (unpaired) electrons. The van der Waals surface area contributed by atoms with E-state index in [0.29, 0.717) is 17.2 Å². The quantitative estimate of drug-likeness (QED) is 0.444. The van der Waals surface area contributed by atoms with E-state index in [0.717, 1.165) is 21.3 Å². The Morgan fingerprint density at radius 3 is 2.77 bits per heavy atom. The van der Waals surface area contributed by atoms with Gasteiger partial charge in [0.15, 0.2) is 4.34 Å². The molecule has 2 N–H and O–H groups in total. The van der Waals surface area contributed by atoms with Crippen LogP contribution >= 0.6 is 34.9 Å². The molecule has 0 saturated carbocycles. The van der Waals surface area contributed by atoms with Gasteiger partial charge in [-0.2, -0.15) is 0 Å². The molecular formula is C16H22N4O3S3. The maximum absolute atomic E-state index is 12.8. The molecule has 26 heavy (non-hydrogen) atoms. The second-order valence-electron chi connectivity index (χ2n) is 6.99. The summed E-state index contributed by atoms with van der Waals surface area (Å²) in [6.07, 6.45) is 0.849. The van der Waals surface area contributed by atoms with Gasteiger partial charge in [0.2, 0.25) is 5.91 Å². The van der Waals surface area contributed by atoms with Crippen LogP contribution in [0.5, 0.6) is 0 Å². The Kier molecular flexibility index (Phi) is 5.66. The molecule has 10 heteroatoms. The van der Waals surface area contributed by atoms with E-state index in [1.807, 2.05) is 27.7 Å². The third-order valence-corrected chi connectivity index (χ3v) is 7.45. The maximum atomic E-state index is 12.8. The van der Waals surface area contributed by atoms with Crippen LogP contribution in [-0.4, -0.2) is 55.5 Å². The van der Waals surface area contributed by atoms with Crippen LogP contribution in [0.2, 0.25) is 0 Å². The molecule has 7 nitrogen and oxygen atoms in total. The van der Waals surface area contributed by atoms with E-state index in [1.54, 1.807) is 23.1 Å². The van der Waals surface area contributed by atoms with Gasteiger partial charge in [-0.05, 0) is 32.8 Å². The SMILES string of the molecule is CCc1nnc(SCC2=C(C(=O)OC(C)(C)C)N3C(=O)C(N)[C@@H]3SC2)s1. The fourth-order valence-electron chi connectivity index (χ4n) is 2.59. The normalized spacial score (nSPS) is 23.0. The van der Waals surface area contributed by atoms with Gasteiger partial charge in [-0.15, -0.1) is 22.0 Å². The number of hydrogen-bond donors (Lipinski definition) is 1. The summed E-state index contributed by atoms with van der Waals surface area (Å²) in [4.78, 5) is 26.5. The lowest BCUT2D eigenvalue weighted by Gasteiger charge is -2.48. The van der Waals surface area contributed by atoms with Crippen molar-refractivity contribution in [3.8, 4) is 0 Å². The van der Waals surface area contributed by atoms with Crippen molar-refractivity contribution in [1.29, 1.82) is 0 Å². The summed E-state index contributed by atoms with van der Waals surface area (Å²) in [5.41, 5.74) is 6.48. The average molecular weight is 415 g/mol. The van der Waals surface area contributed by atoms with Gasteiger partial charge in [0.05, 0.1) is 0 Å². The third-order valence-electron chi connectivity index (χ3n) is 3.80. The first-order valence-electron chi connectivity index (χ1n) is 8.32. The van der Waals surface area contributed by atoms with Gasteiger partial charge in [0.1, 0.15) is 27.7 Å². The molecular weight excluding hydrogens is 392 g/mol. The summed E-state index contributed by atoms with van der Waals surface area (Å²) in [5.74, 6) is 0.509. The van der Waals surface area contributed by atoms with Crippen molar-refractivity contribution in [3.05, 3.63) is 16.3 Å². The Bertz CT molecular complexity index is 756. The summed E-state index contributed by atoms with van der Waals surface area (Å²) < 4.78 is 6.40. The molecule has 2 atom stereocenters. The van der Waals surface area contributed by atoms with Crippen molar-refractivity contribution in [3.63, 3.8) is 0 Å². The molecule has 1 saturated heterocycles. The number of hydrogen-bond acceptors (Lipinski definition) is 9. The molecule has 142 valence electrons. The van der Waals surface area contributed by atoms with Gasteiger partial charge in [-0.1, -0.05) is 30.0 Å². The highest BCUT2D eigenvalue weighted by Gasteiger charge is 2.52. The number of nitrogens with two attached hydrogens (primary N) is 1. The fourth-order valence-corrected chi connectivity index (χ4v) is 5.86. The van der Waals surface area contributed by atoms with Crippen molar-refractivity contribution < 1.29 is 14.3 Å². The molecule has 0 spiro atoms. The molecule has 3 rings (SSSR count). The highest BCUT2D eigenvalue weighted by atomic mass is 32.2. The van der Waals surface area contributed by atoms with Crippen LogP contribution in [0.1, 0.15) is 32.7 Å². The van der Waals surface area contributed by atoms with E-state index in [1.165, 1.54) is 16.7 Å². The monoisotopic (exact) mass is 414 g/mol. The topological polar surface area (TPSA) is 98.4 Å². The highest BCUT2D eigenvalue weighted by molar-refractivity contribution is 8.01. The molecule has 1 amide bonds. The molecule has 1 fully saturated rings. The summed E-state index contributed by atoms with van der Waals surface area (Å²) in [5, 5.41) is 9.07. The number of esters is 1. The lowest BCUT2D eigenvalue weighted by molar-refractivity contribution is -0.157. The smallest absolute Gasteiger partial charge is 0.355 e. The number of thioether (sulfide) groups is 2. The van der Waals surface area contributed by atoms with Gasteiger partial charge in [0, 0.05) is 11.5 Å². The van der Waals surface area contributed by atoms with Gasteiger partial charge in [0.25, 0.3) is 0 Å². The molecule has 0 aromatic carbocycles. The first kappa shape index (κ1) is 19.7. The summed E-state index contributed by atoms with van der Waals surface area (Å²) in [7, 11) is 0. The van der Waals surface area contributed by atoms with Gasteiger partial charge >= 0.3 is 5.97 Å². The van der Waals surface area contributed by atoms with Gasteiger partial charge in [-0.25, -0.2) is 4.79 Å². The van der Waals surface area contributed by atoms with Crippen LogP contribution in [0.25, 0.3) is 0 Å². The zero-order valence-electron chi connectivity index (χ0n) is 15.1. The van der Waals surface area contributed by atoms with Crippen LogP contribution < -0.4 is 5.73 Å². The molecule has 1 aromatic heterocycles. The molecule has 1 unspecified atom stereocenters. The van der Waals surface area contributed by atoms with Crippen LogP contribution in [0.3, 0.4) is 0 Å². The molecule has 1 aromatic rings. The Balaban J connectivity index is 1.83. The number of carbonyl (C=O) groups excluding carboxylic acids is 2. The lowest BCUT2D eigenvalue weighted by Crippen LogP contribution is -2.68. The van der Waals surface area contributed by atoms with Gasteiger partial charge in [-0.3, -0.25) is 9.69 Å². The number of ether oxygens (including phenoxy) is 1. The van der Waals surface area contributed by atoms with Crippen LogP contribution in [0, 0.1) is 0 Å². The van der Waals surface area contributed by atoms with Crippen molar-refractivity contribution in [2.45, 2.75) is 55.5 Å². The Labute approximate surface area is 165 Å². The zero-order valence-corrected chi connectivity index (χ0v) is 17.6. The summed E-state index contributed by atoms with van der Waals surface area (Å²) in [6, 6.07) is -0.554. The third kappa shape index (κ3) is 3.92. The number of nitrogens with zero attached hydrogens (tertiary/aromatic N) is 3. The Morgan fingerprint density at radius 1 is 1.42 bits per heavy atom. The van der Waals surface area contributed by atoms with Crippen LogP contribution in [-0.2, 0) is 20.7 Å². The van der Waals surface area contributed by atoms with Gasteiger partial charge < -0.3 is 10.5 Å². The standard InChI is InChI=1S/C16H22N4O3S3/c1-5-9-18-19-15(26-9)25-7-8-6-24-13-10(17)12(21)20(13)11(8)14(22)23-16(2,3)4/h10,13H,5-7,17H2,1-4H3/t10?,13-/m0/s1. The predicted molar refractivity (Wildman–Crippen MR) is 104 cm³/mol.